The van der Waals surface area contributed by atoms with Gasteiger partial charge >= 0.3 is 0 Å². The lowest BCUT2D eigenvalue weighted by molar-refractivity contribution is 0.930. The van der Waals surface area contributed by atoms with Gasteiger partial charge in [-0.1, -0.05) is 13.8 Å². The smallest absolute Gasteiger partial charge is 0.0900 e. The molecular weight excluding hydrogens is 299 g/mol. The van der Waals surface area contributed by atoms with E-state index in [1.54, 1.807) is 0 Å². The first-order valence-electron chi connectivity index (χ1n) is 5.19. The van der Waals surface area contributed by atoms with Crippen molar-refractivity contribution in [3.8, 4) is 0 Å². The molecule has 2 rings (SSSR count). The van der Waals surface area contributed by atoms with Crippen LogP contribution in [0.25, 0.3) is 11.0 Å². The van der Waals surface area contributed by atoms with Crippen molar-refractivity contribution in [2.75, 3.05) is 0 Å². The average molecular weight is 312 g/mol. The highest BCUT2D eigenvalue weighted by Crippen LogP contribution is 2.16. The summed E-state index contributed by atoms with van der Waals surface area (Å²) in [6.45, 7) is 4.25. The van der Waals surface area contributed by atoms with Crippen LogP contribution in [0.4, 0.5) is 0 Å². The maximum Gasteiger partial charge on any atom is 0.0900 e. The summed E-state index contributed by atoms with van der Waals surface area (Å²) >= 11 is 2.30. The van der Waals surface area contributed by atoms with Gasteiger partial charge in [0.2, 0.25) is 0 Å². The van der Waals surface area contributed by atoms with E-state index in [1.807, 2.05) is 6.07 Å². The minimum atomic E-state index is 0.956. The van der Waals surface area contributed by atoms with Gasteiger partial charge in [0.1, 0.15) is 0 Å². The molecule has 0 aliphatic rings. The summed E-state index contributed by atoms with van der Waals surface area (Å²) in [4.78, 5) is 9.30. The van der Waals surface area contributed by atoms with Crippen molar-refractivity contribution in [1.29, 1.82) is 0 Å². The van der Waals surface area contributed by atoms with Crippen LogP contribution in [0.15, 0.2) is 18.2 Å². The van der Waals surface area contributed by atoms with Crippen LogP contribution in [-0.2, 0) is 12.8 Å². The summed E-state index contributed by atoms with van der Waals surface area (Å²) in [7, 11) is 0. The van der Waals surface area contributed by atoms with Gasteiger partial charge < -0.3 is 0 Å². The van der Waals surface area contributed by atoms with Crippen LogP contribution in [0.1, 0.15) is 25.2 Å². The fourth-order valence-electron chi connectivity index (χ4n) is 1.67. The summed E-state index contributed by atoms with van der Waals surface area (Å²) in [5.41, 5.74) is 4.28. The predicted octanol–water partition coefficient (Wildman–Crippen LogP) is 3.36. The normalized spacial score (nSPS) is 10.9. The summed E-state index contributed by atoms with van der Waals surface area (Å²) in [6, 6.07) is 6.20. The van der Waals surface area contributed by atoms with E-state index in [2.05, 4.69) is 58.5 Å². The molecule has 0 amide bonds. The predicted molar refractivity (Wildman–Crippen MR) is 71.0 cm³/mol. The molecule has 3 heteroatoms. The van der Waals surface area contributed by atoms with Crippen molar-refractivity contribution in [2.24, 2.45) is 0 Å². The molecule has 0 radical (unpaired) electrons. The number of benzene rings is 1. The zero-order chi connectivity index (χ0) is 10.8. The fourth-order valence-corrected chi connectivity index (χ4v) is 2.14. The number of aromatic nitrogens is 2. The number of nitrogens with zero attached hydrogens (tertiary/aromatic N) is 2. The molecule has 0 saturated heterocycles. The molecule has 2 nitrogen and oxygen atoms in total. The zero-order valence-corrected chi connectivity index (χ0v) is 11.1. The highest BCUT2D eigenvalue weighted by molar-refractivity contribution is 14.1. The van der Waals surface area contributed by atoms with Crippen LogP contribution < -0.4 is 0 Å². The minimum Gasteiger partial charge on any atom is -0.249 e. The third-order valence-electron chi connectivity index (χ3n) is 2.45. The van der Waals surface area contributed by atoms with Gasteiger partial charge in [-0.2, -0.15) is 0 Å². The molecule has 0 atom stereocenters. The van der Waals surface area contributed by atoms with Crippen molar-refractivity contribution >= 4 is 33.6 Å². The Morgan fingerprint density at radius 3 is 2.20 bits per heavy atom. The Kier molecular flexibility index (Phi) is 3.19. The van der Waals surface area contributed by atoms with E-state index in [1.165, 1.54) is 3.57 Å². The van der Waals surface area contributed by atoms with Crippen LogP contribution in [0.2, 0.25) is 0 Å². The SMILES string of the molecule is CCc1nc2ccc(I)cc2nc1CC. The number of aryl methyl sites for hydroxylation is 2. The largest absolute Gasteiger partial charge is 0.249 e. The molecule has 0 fully saturated rings. The topological polar surface area (TPSA) is 25.8 Å². The Balaban J connectivity index is 2.69. The van der Waals surface area contributed by atoms with E-state index in [-0.39, 0.29) is 0 Å². The molecule has 0 aliphatic carbocycles. The van der Waals surface area contributed by atoms with E-state index in [9.17, 15) is 0 Å². The van der Waals surface area contributed by atoms with Crippen molar-refractivity contribution in [3.63, 3.8) is 0 Å². The third kappa shape index (κ3) is 2.12. The quantitative estimate of drug-likeness (QED) is 0.795. The van der Waals surface area contributed by atoms with Crippen molar-refractivity contribution in [1.82, 2.24) is 9.97 Å². The van der Waals surface area contributed by atoms with E-state index >= 15 is 0 Å². The lowest BCUT2D eigenvalue weighted by atomic mass is 10.2. The second-order valence-corrected chi connectivity index (χ2v) is 4.70. The maximum atomic E-state index is 4.66. The molecule has 1 heterocycles. The molecule has 15 heavy (non-hydrogen) atoms. The monoisotopic (exact) mass is 312 g/mol. The van der Waals surface area contributed by atoms with Crippen LogP contribution in [0.3, 0.4) is 0 Å². The Hall–Kier alpha value is -0.710. The van der Waals surface area contributed by atoms with Gasteiger partial charge in [-0.05, 0) is 53.6 Å². The standard InChI is InChI=1S/C12H13IN2/c1-3-9-10(4-2)15-12-7-8(13)5-6-11(12)14-9/h5-7H,3-4H2,1-2H3. The molecule has 0 bridgehead atoms. The molecule has 1 aromatic heterocycles. The Bertz CT molecular complexity index is 494. The van der Waals surface area contributed by atoms with Gasteiger partial charge in [-0.15, -0.1) is 0 Å². The molecule has 0 aliphatic heterocycles. The van der Waals surface area contributed by atoms with Crippen molar-refractivity contribution in [3.05, 3.63) is 33.2 Å². The van der Waals surface area contributed by atoms with Gasteiger partial charge in [0, 0.05) is 3.57 Å². The first-order valence-corrected chi connectivity index (χ1v) is 6.27. The van der Waals surface area contributed by atoms with Crippen LogP contribution in [0.5, 0.6) is 0 Å². The Morgan fingerprint density at radius 2 is 1.60 bits per heavy atom. The summed E-state index contributed by atoms with van der Waals surface area (Å²) < 4.78 is 1.21. The Labute approximate surface area is 103 Å². The second-order valence-electron chi connectivity index (χ2n) is 3.46. The lowest BCUT2D eigenvalue weighted by Crippen LogP contribution is -2.00. The van der Waals surface area contributed by atoms with Crippen LogP contribution in [-0.4, -0.2) is 9.97 Å². The van der Waals surface area contributed by atoms with Gasteiger partial charge in [-0.25, -0.2) is 9.97 Å². The number of hydrogen-bond donors (Lipinski definition) is 0. The van der Waals surface area contributed by atoms with E-state index in [0.717, 1.165) is 35.3 Å². The second kappa shape index (κ2) is 4.43. The van der Waals surface area contributed by atoms with Gasteiger partial charge in [0.05, 0.1) is 22.4 Å². The fraction of sp³-hybridized carbons (Fsp3) is 0.333. The highest BCUT2D eigenvalue weighted by Gasteiger charge is 2.05. The van der Waals surface area contributed by atoms with Gasteiger partial charge in [0.25, 0.3) is 0 Å². The van der Waals surface area contributed by atoms with Crippen molar-refractivity contribution < 1.29 is 0 Å². The molecule has 0 saturated carbocycles. The zero-order valence-electron chi connectivity index (χ0n) is 8.92. The summed E-state index contributed by atoms with van der Waals surface area (Å²) in [6.07, 6.45) is 1.91. The van der Waals surface area contributed by atoms with E-state index < -0.39 is 0 Å². The molecule has 0 N–H and O–H groups in total. The lowest BCUT2D eigenvalue weighted by Gasteiger charge is -2.06. The Morgan fingerprint density at radius 1 is 1.00 bits per heavy atom. The van der Waals surface area contributed by atoms with Crippen LogP contribution >= 0.6 is 22.6 Å². The highest BCUT2D eigenvalue weighted by atomic mass is 127. The maximum absolute atomic E-state index is 4.66. The number of rotatable bonds is 2. The first-order chi connectivity index (χ1) is 7.24. The molecule has 2 aromatic rings. The van der Waals surface area contributed by atoms with E-state index in [4.69, 9.17) is 0 Å². The molecule has 1 aromatic carbocycles. The number of halogens is 1. The summed E-state index contributed by atoms with van der Waals surface area (Å²) in [5, 5.41) is 0. The molecular formula is C12H13IN2. The first kappa shape index (κ1) is 10.8. The number of fused-ring (bicyclic) bond motifs is 1. The summed E-state index contributed by atoms with van der Waals surface area (Å²) in [5.74, 6) is 0. The van der Waals surface area contributed by atoms with E-state index in [0.29, 0.717) is 0 Å². The van der Waals surface area contributed by atoms with Crippen molar-refractivity contribution in [2.45, 2.75) is 26.7 Å². The average Bonchev–Trinajstić information content (AvgIpc) is 2.27. The molecule has 0 spiro atoms. The van der Waals surface area contributed by atoms with Gasteiger partial charge in [-0.3, -0.25) is 0 Å². The number of hydrogen-bond acceptors (Lipinski definition) is 2. The van der Waals surface area contributed by atoms with Crippen LogP contribution in [0, 0.1) is 3.57 Å². The third-order valence-corrected chi connectivity index (χ3v) is 3.12. The van der Waals surface area contributed by atoms with Gasteiger partial charge in [0.15, 0.2) is 0 Å². The molecule has 0 unspecified atom stereocenters. The minimum absolute atomic E-state index is 0.956. The molecule has 78 valence electrons.